The number of allylic oxidation sites excluding steroid dienone is 5. The molecule has 4 heteroatoms. The van der Waals surface area contributed by atoms with E-state index in [4.69, 9.17) is 9.84 Å². The third-order valence-corrected chi connectivity index (χ3v) is 3.55. The van der Waals surface area contributed by atoms with Crippen LogP contribution in [0.15, 0.2) is 34.9 Å². The minimum atomic E-state index is -0.994. The van der Waals surface area contributed by atoms with Gasteiger partial charge in [-0.3, -0.25) is 4.79 Å². The fourth-order valence-electron chi connectivity index (χ4n) is 2.30. The third-order valence-electron chi connectivity index (χ3n) is 3.55. The van der Waals surface area contributed by atoms with Crippen molar-refractivity contribution < 1.29 is 19.4 Å². The molecular weight excluding hydrogens is 304 g/mol. The van der Waals surface area contributed by atoms with E-state index in [0.717, 1.165) is 24.0 Å². The summed E-state index contributed by atoms with van der Waals surface area (Å²) in [5.41, 5.74) is 2.35. The van der Waals surface area contributed by atoms with Crippen LogP contribution in [0.1, 0.15) is 73.6 Å². The molecule has 0 amide bonds. The highest BCUT2D eigenvalue weighted by atomic mass is 16.6. The van der Waals surface area contributed by atoms with Crippen molar-refractivity contribution in [3.05, 3.63) is 34.9 Å². The van der Waals surface area contributed by atoms with E-state index < -0.39 is 17.5 Å². The Morgan fingerprint density at radius 1 is 1.00 bits per heavy atom. The first-order valence-corrected chi connectivity index (χ1v) is 8.43. The van der Waals surface area contributed by atoms with E-state index in [9.17, 15) is 9.59 Å². The molecular formula is C20H32O4. The number of carbonyl (C=O) groups excluding carboxylic acids is 1. The van der Waals surface area contributed by atoms with Crippen molar-refractivity contribution >= 4 is 11.9 Å². The van der Waals surface area contributed by atoms with Crippen LogP contribution in [0.3, 0.4) is 0 Å². The van der Waals surface area contributed by atoms with Crippen LogP contribution in [0.25, 0.3) is 0 Å². The molecule has 0 aliphatic heterocycles. The summed E-state index contributed by atoms with van der Waals surface area (Å²) in [5.74, 6) is -1.43. The van der Waals surface area contributed by atoms with Crippen molar-refractivity contribution in [1.29, 1.82) is 0 Å². The maximum atomic E-state index is 12.1. The van der Waals surface area contributed by atoms with Gasteiger partial charge in [0, 0.05) is 6.08 Å². The smallest absolute Gasteiger partial charge is 0.331 e. The Morgan fingerprint density at radius 2 is 1.54 bits per heavy atom. The van der Waals surface area contributed by atoms with E-state index in [2.05, 4.69) is 6.08 Å². The Hall–Kier alpha value is -1.84. The lowest BCUT2D eigenvalue weighted by molar-refractivity contribution is -0.158. The van der Waals surface area contributed by atoms with Crippen molar-refractivity contribution in [2.24, 2.45) is 0 Å². The molecule has 0 saturated heterocycles. The molecule has 4 nitrogen and oxygen atoms in total. The number of carbonyl (C=O) groups is 2. The van der Waals surface area contributed by atoms with E-state index >= 15 is 0 Å². The lowest BCUT2D eigenvalue weighted by Crippen LogP contribution is -2.34. The number of aliphatic carboxylic acids is 1. The van der Waals surface area contributed by atoms with E-state index in [-0.39, 0.29) is 6.42 Å². The zero-order chi connectivity index (χ0) is 18.8. The zero-order valence-corrected chi connectivity index (χ0v) is 15.9. The number of hydrogen-bond donors (Lipinski definition) is 1. The number of carboxylic acid groups (broad SMARTS) is 1. The summed E-state index contributed by atoms with van der Waals surface area (Å²) < 4.78 is 5.49. The molecule has 0 aromatic carbocycles. The molecule has 1 atom stereocenters. The van der Waals surface area contributed by atoms with Gasteiger partial charge in [0.2, 0.25) is 0 Å². The quantitative estimate of drug-likeness (QED) is 0.338. The van der Waals surface area contributed by atoms with E-state index in [0.29, 0.717) is 12.8 Å². The van der Waals surface area contributed by atoms with Crippen LogP contribution in [0.2, 0.25) is 0 Å². The standard InChI is InChI=1S/C20H32O4/c1-15(2)9-7-11-17(5)13-19(23)24-20(6,14-18(21)22)12-8-10-16(3)4/h9-10,13H,7-8,11-12,14H2,1-6H3,(H,21,22). The summed E-state index contributed by atoms with van der Waals surface area (Å²) in [6.07, 6.45) is 8.26. The monoisotopic (exact) mass is 336 g/mol. The van der Waals surface area contributed by atoms with E-state index in [1.54, 1.807) is 6.92 Å². The van der Waals surface area contributed by atoms with Crippen molar-refractivity contribution in [2.75, 3.05) is 0 Å². The topological polar surface area (TPSA) is 63.6 Å². The molecule has 0 aromatic heterocycles. The van der Waals surface area contributed by atoms with Gasteiger partial charge < -0.3 is 9.84 Å². The summed E-state index contributed by atoms with van der Waals surface area (Å²) >= 11 is 0. The number of hydrogen-bond acceptors (Lipinski definition) is 3. The van der Waals surface area contributed by atoms with Crippen LogP contribution < -0.4 is 0 Å². The second-order valence-corrected chi connectivity index (χ2v) is 7.07. The Labute approximate surface area is 146 Å². The van der Waals surface area contributed by atoms with Gasteiger partial charge in [-0.15, -0.1) is 0 Å². The molecule has 0 aromatic rings. The largest absolute Gasteiger partial charge is 0.481 e. The summed E-state index contributed by atoms with van der Waals surface area (Å²) in [4.78, 5) is 23.2. The van der Waals surface area contributed by atoms with Gasteiger partial charge in [0.15, 0.2) is 0 Å². The number of carboxylic acids is 1. The molecule has 136 valence electrons. The van der Waals surface area contributed by atoms with Crippen LogP contribution in [-0.4, -0.2) is 22.6 Å². The van der Waals surface area contributed by atoms with Crippen LogP contribution in [-0.2, 0) is 14.3 Å². The average molecular weight is 336 g/mol. The summed E-state index contributed by atoms with van der Waals surface area (Å²) in [5, 5.41) is 9.09. The molecule has 0 rings (SSSR count). The predicted octanol–water partition coefficient (Wildman–Crippen LogP) is 5.20. The predicted molar refractivity (Wildman–Crippen MR) is 97.8 cm³/mol. The van der Waals surface area contributed by atoms with Crippen molar-refractivity contribution in [2.45, 2.75) is 79.2 Å². The average Bonchev–Trinajstić information content (AvgIpc) is 2.35. The number of esters is 1. The molecule has 24 heavy (non-hydrogen) atoms. The minimum Gasteiger partial charge on any atom is -0.481 e. The molecule has 1 unspecified atom stereocenters. The van der Waals surface area contributed by atoms with Crippen LogP contribution in [0, 0.1) is 0 Å². The van der Waals surface area contributed by atoms with Crippen LogP contribution in [0.4, 0.5) is 0 Å². The van der Waals surface area contributed by atoms with E-state index in [1.165, 1.54) is 11.6 Å². The summed E-state index contributed by atoms with van der Waals surface area (Å²) in [6.45, 7) is 11.6. The highest BCUT2D eigenvalue weighted by Gasteiger charge is 2.30. The van der Waals surface area contributed by atoms with Gasteiger partial charge in [0.25, 0.3) is 0 Å². The van der Waals surface area contributed by atoms with Gasteiger partial charge in [-0.2, -0.15) is 0 Å². The van der Waals surface area contributed by atoms with Gasteiger partial charge in [0.1, 0.15) is 5.60 Å². The maximum absolute atomic E-state index is 12.1. The molecule has 0 aliphatic carbocycles. The molecule has 0 saturated carbocycles. The van der Waals surface area contributed by atoms with Crippen LogP contribution in [0.5, 0.6) is 0 Å². The number of ether oxygens (including phenoxy) is 1. The van der Waals surface area contributed by atoms with Crippen LogP contribution >= 0.6 is 0 Å². The Balaban J connectivity index is 4.81. The lowest BCUT2D eigenvalue weighted by Gasteiger charge is -2.27. The molecule has 0 radical (unpaired) electrons. The van der Waals surface area contributed by atoms with Gasteiger partial charge in [-0.1, -0.05) is 28.9 Å². The van der Waals surface area contributed by atoms with Crippen molar-refractivity contribution in [3.63, 3.8) is 0 Å². The third kappa shape index (κ3) is 11.7. The highest BCUT2D eigenvalue weighted by Crippen LogP contribution is 2.24. The normalized spacial score (nSPS) is 13.7. The first kappa shape index (κ1) is 22.2. The number of rotatable bonds is 10. The fraction of sp³-hybridized carbons (Fsp3) is 0.600. The highest BCUT2D eigenvalue weighted by molar-refractivity contribution is 5.83. The summed E-state index contributed by atoms with van der Waals surface area (Å²) in [7, 11) is 0. The van der Waals surface area contributed by atoms with Crippen molar-refractivity contribution in [3.8, 4) is 0 Å². The first-order chi connectivity index (χ1) is 11.0. The van der Waals surface area contributed by atoms with Gasteiger partial charge in [-0.25, -0.2) is 4.79 Å². The second-order valence-electron chi connectivity index (χ2n) is 7.07. The lowest BCUT2D eigenvalue weighted by atomic mass is 9.95. The van der Waals surface area contributed by atoms with Gasteiger partial charge in [-0.05, 0) is 67.2 Å². The fourth-order valence-corrected chi connectivity index (χ4v) is 2.30. The molecule has 0 heterocycles. The Morgan fingerprint density at radius 3 is 2.04 bits per heavy atom. The first-order valence-electron chi connectivity index (χ1n) is 8.43. The maximum Gasteiger partial charge on any atom is 0.331 e. The molecule has 0 spiro atoms. The van der Waals surface area contributed by atoms with Gasteiger partial charge in [0.05, 0.1) is 6.42 Å². The zero-order valence-electron chi connectivity index (χ0n) is 15.9. The molecule has 1 N–H and O–H groups in total. The summed E-state index contributed by atoms with van der Waals surface area (Å²) in [6, 6.07) is 0. The second kappa shape index (κ2) is 10.8. The molecule has 0 fully saturated rings. The Kier molecular flexibility index (Phi) is 10.0. The Bertz CT molecular complexity index is 518. The van der Waals surface area contributed by atoms with Gasteiger partial charge >= 0.3 is 11.9 Å². The van der Waals surface area contributed by atoms with E-state index in [1.807, 2.05) is 40.7 Å². The minimum absolute atomic E-state index is 0.194. The van der Waals surface area contributed by atoms with Crippen molar-refractivity contribution in [1.82, 2.24) is 0 Å². The SMILES string of the molecule is CC(C)=CCCC(C)=CC(=O)OC(C)(CCC=C(C)C)CC(=O)O. The molecule has 0 bridgehead atoms. The molecule has 0 aliphatic rings.